The van der Waals surface area contributed by atoms with Crippen LogP contribution in [0.4, 0.5) is 140 Å². The predicted octanol–water partition coefficient (Wildman–Crippen LogP) is 13.8. The fourth-order valence-electron chi connectivity index (χ4n) is 5.99. The number of alkyl halides is 16. The second-order valence-corrected chi connectivity index (χ2v) is 12.6. The Bertz CT molecular complexity index is 2030. The van der Waals surface area contributed by atoms with Crippen molar-refractivity contribution in [3.8, 4) is 0 Å². The van der Waals surface area contributed by atoms with Crippen molar-refractivity contribution in [3.63, 3.8) is 0 Å². The largest absolute Gasteiger partial charge is 0.345 e. The molecule has 0 spiro atoms. The summed E-state index contributed by atoms with van der Waals surface area (Å²) in [7, 11) is 0. The standard InChI is InChI=1S/2C16F16/c2*17-5-1-6(18)8(20)2(7(5)19)15(29,30)16(31,32)4-11(23)9(21)3(10(22)12(4)24)14(27,28)13(1,25)26. The van der Waals surface area contributed by atoms with Crippen molar-refractivity contribution in [2.45, 2.75) is 47.4 Å². The Kier molecular flexibility index (Phi) is 10.9. The lowest BCUT2D eigenvalue weighted by atomic mass is 9.86. The highest BCUT2D eigenvalue weighted by molar-refractivity contribution is 5.46. The van der Waals surface area contributed by atoms with Crippen molar-refractivity contribution in [1.82, 2.24) is 0 Å². The lowest BCUT2D eigenvalue weighted by Crippen LogP contribution is -2.44. The highest BCUT2D eigenvalue weighted by Crippen LogP contribution is 2.61. The van der Waals surface area contributed by atoms with E-state index in [0.717, 1.165) is 0 Å². The van der Waals surface area contributed by atoms with Crippen LogP contribution >= 0.6 is 0 Å². The van der Waals surface area contributed by atoms with Gasteiger partial charge in [-0.25, -0.2) is 70.2 Å². The van der Waals surface area contributed by atoms with Crippen LogP contribution in [0.3, 0.4) is 0 Å². The van der Waals surface area contributed by atoms with E-state index in [-0.39, 0.29) is 0 Å². The SMILES string of the molecule is Fc1c(F)c2c(F)c(F)c1C(F)(F)C(F)(F)c1c(F)c(F)c(c(F)c1F)C(F)(F)C2(F)F.Fc1c(F)c2c(F)c(F)c1C(F)(F)C(F)(F)c1c(F)c(F)c(c(F)c1F)C(F)(F)C2(F)F. The second-order valence-electron chi connectivity index (χ2n) is 12.6. The maximum absolute atomic E-state index is 14.2. The zero-order chi connectivity index (χ0) is 49.9. The lowest BCUT2D eigenvalue weighted by Gasteiger charge is -2.33. The molecular weight excluding hydrogens is 992 g/mol. The third-order valence-electron chi connectivity index (χ3n) is 9.14. The van der Waals surface area contributed by atoms with E-state index in [1.807, 2.05) is 0 Å². The molecule has 0 N–H and O–H groups in total. The molecule has 8 aliphatic carbocycles. The average molecular weight is 992 g/mol. The first-order valence-corrected chi connectivity index (χ1v) is 15.0. The molecule has 0 saturated carbocycles. The average Bonchev–Trinajstić information content (AvgIpc) is 3.14. The second kappa shape index (κ2) is 14.1. The van der Waals surface area contributed by atoms with E-state index in [2.05, 4.69) is 0 Å². The minimum absolute atomic E-state index is 3.77. The van der Waals surface area contributed by atoms with E-state index >= 15 is 0 Å². The summed E-state index contributed by atoms with van der Waals surface area (Å²) in [4.78, 5) is 0. The molecule has 0 aromatic heterocycles. The van der Waals surface area contributed by atoms with Gasteiger partial charge in [0, 0.05) is 0 Å². The van der Waals surface area contributed by atoms with E-state index in [4.69, 9.17) is 0 Å². The summed E-state index contributed by atoms with van der Waals surface area (Å²) in [5.74, 6) is -115. The maximum atomic E-state index is 14.2. The predicted molar refractivity (Wildman–Crippen MR) is 136 cm³/mol. The minimum atomic E-state index is -6.82. The van der Waals surface area contributed by atoms with Gasteiger partial charge in [0.05, 0.1) is 0 Å². The van der Waals surface area contributed by atoms with Gasteiger partial charge in [-0.05, 0) is 0 Å². The van der Waals surface area contributed by atoms with Crippen molar-refractivity contribution < 1.29 is 140 Å². The smallest absolute Gasteiger partial charge is 0.203 e. The molecule has 64 heavy (non-hydrogen) atoms. The summed E-state index contributed by atoms with van der Waals surface area (Å²) < 4.78 is 451. The molecule has 0 atom stereocenters. The van der Waals surface area contributed by atoms with Crippen molar-refractivity contribution in [3.05, 3.63) is 138 Å². The van der Waals surface area contributed by atoms with E-state index in [1.54, 1.807) is 0 Å². The Morgan fingerprint density at radius 3 is 0.219 bits per heavy atom. The molecule has 4 aromatic rings. The highest BCUT2D eigenvalue weighted by atomic mass is 19.3. The first-order chi connectivity index (χ1) is 28.5. The normalized spacial score (nSPS) is 20.2. The fourth-order valence-corrected chi connectivity index (χ4v) is 5.99. The van der Waals surface area contributed by atoms with E-state index in [0.29, 0.717) is 0 Å². The molecule has 0 saturated heterocycles. The molecule has 0 unspecified atom stereocenters. The van der Waals surface area contributed by atoms with Crippen LogP contribution in [0.1, 0.15) is 44.5 Å². The Hall–Kier alpha value is -5.36. The summed E-state index contributed by atoms with van der Waals surface area (Å²) in [6.07, 6.45) is 0. The van der Waals surface area contributed by atoms with Gasteiger partial charge in [0.25, 0.3) is 0 Å². The maximum Gasteiger partial charge on any atom is 0.345 e. The summed E-state index contributed by atoms with van der Waals surface area (Å²) in [6.45, 7) is 0. The molecule has 12 rings (SSSR count). The summed E-state index contributed by atoms with van der Waals surface area (Å²) in [5.41, 5.74) is -30.2. The molecule has 8 bridgehead atoms. The third-order valence-corrected chi connectivity index (χ3v) is 9.14. The first kappa shape index (κ1) is 49.7. The van der Waals surface area contributed by atoms with Crippen LogP contribution < -0.4 is 0 Å². The summed E-state index contributed by atoms with van der Waals surface area (Å²) in [5, 5.41) is 0. The molecular formula is C32F32. The molecule has 0 fully saturated rings. The van der Waals surface area contributed by atoms with Gasteiger partial charge in [-0.15, -0.1) is 0 Å². The molecule has 0 radical (unpaired) electrons. The lowest BCUT2D eigenvalue weighted by molar-refractivity contribution is -0.236. The molecule has 32 heteroatoms. The van der Waals surface area contributed by atoms with E-state index in [9.17, 15) is 140 Å². The van der Waals surface area contributed by atoms with Gasteiger partial charge in [-0.1, -0.05) is 0 Å². The number of rotatable bonds is 0. The third kappa shape index (κ3) is 5.75. The molecule has 0 heterocycles. The van der Waals surface area contributed by atoms with Gasteiger partial charge < -0.3 is 0 Å². The Morgan fingerprint density at radius 2 is 0.172 bits per heavy atom. The molecule has 8 aliphatic rings. The Balaban J connectivity index is 0.000000241. The molecule has 4 aromatic carbocycles. The van der Waals surface area contributed by atoms with Crippen LogP contribution in [0.5, 0.6) is 0 Å². The molecule has 0 amide bonds. The Labute approximate surface area is 326 Å². The Morgan fingerprint density at radius 1 is 0.125 bits per heavy atom. The van der Waals surface area contributed by atoms with Crippen molar-refractivity contribution in [2.24, 2.45) is 0 Å². The summed E-state index contributed by atoms with van der Waals surface area (Å²) >= 11 is 0. The van der Waals surface area contributed by atoms with Gasteiger partial charge in [-0.3, -0.25) is 0 Å². The van der Waals surface area contributed by atoms with Gasteiger partial charge in [-0.2, -0.15) is 70.2 Å². The number of hydrogen-bond acceptors (Lipinski definition) is 0. The van der Waals surface area contributed by atoms with Crippen LogP contribution in [0, 0.1) is 93.1 Å². The van der Waals surface area contributed by atoms with E-state index < -0.39 is 185 Å². The van der Waals surface area contributed by atoms with Crippen molar-refractivity contribution >= 4 is 0 Å². The number of halogens is 32. The number of benzene rings is 4. The van der Waals surface area contributed by atoms with Crippen LogP contribution in [-0.2, 0) is 47.4 Å². The fraction of sp³-hybridized carbons (Fsp3) is 0.250. The van der Waals surface area contributed by atoms with Crippen LogP contribution in [0.15, 0.2) is 0 Å². The quantitative estimate of drug-likeness (QED) is 0.122. The molecule has 0 nitrogen and oxygen atoms in total. The zero-order valence-corrected chi connectivity index (χ0v) is 28.1. The van der Waals surface area contributed by atoms with Gasteiger partial charge in [0.2, 0.25) is 0 Å². The van der Waals surface area contributed by atoms with Crippen LogP contribution in [0.25, 0.3) is 0 Å². The monoisotopic (exact) mass is 992 g/mol. The minimum Gasteiger partial charge on any atom is -0.203 e. The highest BCUT2D eigenvalue weighted by Gasteiger charge is 2.72. The zero-order valence-electron chi connectivity index (χ0n) is 28.1. The van der Waals surface area contributed by atoms with E-state index in [1.165, 1.54) is 0 Å². The van der Waals surface area contributed by atoms with Gasteiger partial charge >= 0.3 is 47.4 Å². The number of hydrogen-bond donors (Lipinski definition) is 0. The van der Waals surface area contributed by atoms with Crippen molar-refractivity contribution in [1.29, 1.82) is 0 Å². The first-order valence-electron chi connectivity index (χ1n) is 15.0. The van der Waals surface area contributed by atoms with Crippen molar-refractivity contribution in [2.75, 3.05) is 0 Å². The summed E-state index contributed by atoms with van der Waals surface area (Å²) in [6, 6.07) is 0. The topological polar surface area (TPSA) is 0 Å². The van der Waals surface area contributed by atoms with Crippen LogP contribution in [0.2, 0.25) is 0 Å². The molecule has 0 aliphatic heterocycles. The van der Waals surface area contributed by atoms with Gasteiger partial charge in [0.1, 0.15) is 44.5 Å². The van der Waals surface area contributed by atoms with Crippen LogP contribution in [-0.4, -0.2) is 0 Å². The van der Waals surface area contributed by atoms with Gasteiger partial charge in [0.15, 0.2) is 93.1 Å². The molecule has 352 valence electrons.